The fourth-order valence-electron chi connectivity index (χ4n) is 1.82. The van der Waals surface area contributed by atoms with Gasteiger partial charge in [0.05, 0.1) is 20.4 Å². The summed E-state index contributed by atoms with van der Waals surface area (Å²) in [6.07, 6.45) is 0. The van der Waals surface area contributed by atoms with Crippen molar-refractivity contribution in [2.75, 3.05) is 5.75 Å². The minimum Gasteiger partial charge on any atom is -0.258 e. The molecule has 0 fully saturated rings. The van der Waals surface area contributed by atoms with Gasteiger partial charge in [-0.25, -0.2) is 8.42 Å². The molecule has 0 N–H and O–H groups in total. The first-order valence-electron chi connectivity index (χ1n) is 6.06. The summed E-state index contributed by atoms with van der Waals surface area (Å²) < 4.78 is 24.6. The zero-order chi connectivity index (χ0) is 15.5. The molecule has 21 heavy (non-hydrogen) atoms. The Bertz CT molecular complexity index is 729. The maximum atomic E-state index is 12.3. The van der Waals surface area contributed by atoms with Crippen LogP contribution in [-0.2, 0) is 9.84 Å². The number of hydrogen-bond donors (Lipinski definition) is 0. The highest BCUT2D eigenvalue weighted by Crippen LogP contribution is 2.27. The lowest BCUT2D eigenvalue weighted by Crippen LogP contribution is -2.11. The van der Waals surface area contributed by atoms with Crippen LogP contribution >= 0.6 is 15.9 Å². The lowest BCUT2D eigenvalue weighted by molar-refractivity contribution is -0.384. The molecule has 0 aromatic heterocycles. The van der Waals surface area contributed by atoms with Crippen molar-refractivity contribution < 1.29 is 13.3 Å². The second-order valence-electron chi connectivity index (χ2n) is 4.41. The van der Waals surface area contributed by atoms with Crippen LogP contribution in [0.1, 0.15) is 10.4 Å². The molecule has 2 rings (SSSR count). The van der Waals surface area contributed by atoms with E-state index in [4.69, 9.17) is 0 Å². The first kappa shape index (κ1) is 15.7. The number of non-ortho nitro benzene ring substituents is 1. The molecule has 0 spiro atoms. The summed E-state index contributed by atoms with van der Waals surface area (Å²) >= 11 is 3.37. The van der Waals surface area contributed by atoms with Gasteiger partial charge in [-0.05, 0) is 17.7 Å². The first-order valence-corrected chi connectivity index (χ1v) is 8.63. The Hall–Kier alpha value is -1.73. The topological polar surface area (TPSA) is 77.3 Å². The number of nitro benzene ring substituents is 1. The fraction of sp³-hybridized carbons (Fsp3) is 0.143. The number of rotatable bonds is 5. The molecule has 1 unspecified atom stereocenters. The Labute approximate surface area is 130 Å². The van der Waals surface area contributed by atoms with E-state index in [9.17, 15) is 18.5 Å². The number of alkyl halides is 1. The molecule has 2 aromatic carbocycles. The average molecular weight is 370 g/mol. The molecule has 0 aliphatic heterocycles. The molecular weight excluding hydrogens is 358 g/mol. The first-order chi connectivity index (χ1) is 9.90. The van der Waals surface area contributed by atoms with Crippen molar-refractivity contribution in [3.8, 4) is 0 Å². The molecule has 0 aliphatic carbocycles. The quantitative estimate of drug-likeness (QED) is 0.459. The maximum Gasteiger partial charge on any atom is 0.269 e. The zero-order valence-corrected chi connectivity index (χ0v) is 13.2. The van der Waals surface area contributed by atoms with Gasteiger partial charge in [-0.15, -0.1) is 0 Å². The molecule has 1 atom stereocenters. The predicted molar refractivity (Wildman–Crippen MR) is 83.3 cm³/mol. The summed E-state index contributed by atoms with van der Waals surface area (Å²) in [5.41, 5.74) is 0.732. The van der Waals surface area contributed by atoms with Crippen LogP contribution in [0.25, 0.3) is 0 Å². The third-order valence-corrected chi connectivity index (χ3v) is 5.98. The maximum absolute atomic E-state index is 12.3. The van der Waals surface area contributed by atoms with Gasteiger partial charge in [0.2, 0.25) is 0 Å². The van der Waals surface area contributed by atoms with Crippen LogP contribution < -0.4 is 0 Å². The monoisotopic (exact) mass is 369 g/mol. The van der Waals surface area contributed by atoms with Crippen molar-refractivity contribution in [1.82, 2.24) is 0 Å². The second-order valence-corrected chi connectivity index (χ2v) is 7.55. The normalized spacial score (nSPS) is 12.8. The molecule has 0 saturated heterocycles. The molecule has 0 amide bonds. The largest absolute Gasteiger partial charge is 0.269 e. The van der Waals surface area contributed by atoms with E-state index in [2.05, 4.69) is 15.9 Å². The Morgan fingerprint density at radius 3 is 2.14 bits per heavy atom. The smallest absolute Gasteiger partial charge is 0.258 e. The van der Waals surface area contributed by atoms with Gasteiger partial charge >= 0.3 is 0 Å². The molecule has 0 aliphatic rings. The lowest BCUT2D eigenvalue weighted by Gasteiger charge is -2.11. The standard InChI is InChI=1S/C14H12BrNO4S/c15-14(11-4-2-1-3-5-11)10-21(19,20)13-8-6-12(7-9-13)16(17)18/h1-9,14H,10H2. The molecular formula is C14H12BrNO4S. The molecule has 0 radical (unpaired) electrons. The van der Waals surface area contributed by atoms with E-state index in [1.54, 1.807) is 0 Å². The number of nitrogens with zero attached hydrogens (tertiary/aromatic N) is 1. The lowest BCUT2D eigenvalue weighted by atomic mass is 10.2. The van der Waals surface area contributed by atoms with Crippen LogP contribution in [0.4, 0.5) is 5.69 Å². The highest BCUT2D eigenvalue weighted by molar-refractivity contribution is 9.09. The minimum absolute atomic E-state index is 0.0773. The zero-order valence-electron chi connectivity index (χ0n) is 10.8. The summed E-state index contributed by atoms with van der Waals surface area (Å²) in [4.78, 5) is 9.75. The average Bonchev–Trinajstić information content (AvgIpc) is 2.48. The van der Waals surface area contributed by atoms with Crippen molar-refractivity contribution in [3.63, 3.8) is 0 Å². The Balaban J connectivity index is 2.20. The van der Waals surface area contributed by atoms with Crippen LogP contribution in [0.5, 0.6) is 0 Å². The van der Waals surface area contributed by atoms with E-state index >= 15 is 0 Å². The Kier molecular flexibility index (Phi) is 4.74. The van der Waals surface area contributed by atoms with Gasteiger partial charge in [0.15, 0.2) is 9.84 Å². The number of halogens is 1. The Morgan fingerprint density at radius 1 is 1.05 bits per heavy atom. The minimum atomic E-state index is -3.52. The van der Waals surface area contributed by atoms with Crippen molar-refractivity contribution in [2.45, 2.75) is 9.72 Å². The van der Waals surface area contributed by atoms with Crippen LogP contribution in [0.3, 0.4) is 0 Å². The SMILES string of the molecule is O=[N+]([O-])c1ccc(S(=O)(=O)CC(Br)c2ccccc2)cc1. The number of nitro groups is 1. The molecule has 5 nitrogen and oxygen atoms in total. The van der Waals surface area contributed by atoms with Crippen molar-refractivity contribution in [2.24, 2.45) is 0 Å². The molecule has 0 saturated carbocycles. The Morgan fingerprint density at radius 2 is 1.62 bits per heavy atom. The van der Waals surface area contributed by atoms with Crippen LogP contribution in [0.2, 0.25) is 0 Å². The van der Waals surface area contributed by atoms with E-state index < -0.39 is 14.8 Å². The van der Waals surface area contributed by atoms with E-state index in [1.165, 1.54) is 24.3 Å². The van der Waals surface area contributed by atoms with Gasteiger partial charge in [-0.2, -0.15) is 0 Å². The predicted octanol–water partition coefficient (Wildman–Crippen LogP) is 3.50. The van der Waals surface area contributed by atoms with E-state index in [-0.39, 0.29) is 21.2 Å². The van der Waals surface area contributed by atoms with Gasteiger partial charge in [-0.3, -0.25) is 10.1 Å². The summed E-state index contributed by atoms with van der Waals surface area (Å²) in [7, 11) is -3.52. The van der Waals surface area contributed by atoms with Gasteiger partial charge in [0.1, 0.15) is 0 Å². The molecule has 7 heteroatoms. The summed E-state index contributed by atoms with van der Waals surface area (Å²) in [6, 6.07) is 14.1. The fourth-order valence-corrected chi connectivity index (χ4v) is 4.49. The summed E-state index contributed by atoms with van der Waals surface area (Å²) in [6.45, 7) is 0. The second kappa shape index (κ2) is 6.36. The van der Waals surface area contributed by atoms with E-state index in [0.29, 0.717) is 0 Å². The third kappa shape index (κ3) is 3.89. The molecule has 0 heterocycles. The highest BCUT2D eigenvalue weighted by atomic mass is 79.9. The number of hydrogen-bond acceptors (Lipinski definition) is 4. The van der Waals surface area contributed by atoms with Crippen LogP contribution in [0, 0.1) is 10.1 Å². The van der Waals surface area contributed by atoms with E-state index in [1.807, 2.05) is 30.3 Å². The van der Waals surface area contributed by atoms with Gasteiger partial charge in [0, 0.05) is 12.1 Å². The third-order valence-electron chi connectivity index (χ3n) is 2.93. The molecule has 0 bridgehead atoms. The van der Waals surface area contributed by atoms with Crippen molar-refractivity contribution >= 4 is 31.5 Å². The summed E-state index contributed by atoms with van der Waals surface area (Å²) in [5.74, 6) is -0.116. The van der Waals surface area contributed by atoms with Gasteiger partial charge < -0.3 is 0 Å². The summed E-state index contributed by atoms with van der Waals surface area (Å²) in [5, 5.41) is 10.6. The van der Waals surface area contributed by atoms with E-state index in [0.717, 1.165) is 5.56 Å². The molecule has 2 aromatic rings. The van der Waals surface area contributed by atoms with Crippen LogP contribution in [-0.4, -0.2) is 19.1 Å². The van der Waals surface area contributed by atoms with Crippen molar-refractivity contribution in [3.05, 3.63) is 70.3 Å². The van der Waals surface area contributed by atoms with Gasteiger partial charge in [0.25, 0.3) is 5.69 Å². The molecule has 110 valence electrons. The number of benzene rings is 2. The van der Waals surface area contributed by atoms with Crippen LogP contribution in [0.15, 0.2) is 59.5 Å². The van der Waals surface area contributed by atoms with Gasteiger partial charge in [-0.1, -0.05) is 46.3 Å². The van der Waals surface area contributed by atoms with Crippen molar-refractivity contribution in [1.29, 1.82) is 0 Å². The number of sulfone groups is 1. The highest BCUT2D eigenvalue weighted by Gasteiger charge is 2.21.